The number of urea groups is 1. The van der Waals surface area contributed by atoms with Crippen LogP contribution in [0.3, 0.4) is 0 Å². The van der Waals surface area contributed by atoms with E-state index < -0.39 is 5.97 Å². The smallest absolute Gasteiger partial charge is 0.358 e. The maximum atomic E-state index is 12.4. The summed E-state index contributed by atoms with van der Waals surface area (Å²) in [7, 11) is 0. The Labute approximate surface area is 151 Å². The molecule has 1 aromatic heterocycles. The highest BCUT2D eigenvalue weighted by molar-refractivity contribution is 5.84. The van der Waals surface area contributed by atoms with Crippen LogP contribution in [0, 0.1) is 5.92 Å². The van der Waals surface area contributed by atoms with E-state index in [9.17, 15) is 9.59 Å². The van der Waals surface area contributed by atoms with Crippen molar-refractivity contribution in [2.45, 2.75) is 25.8 Å². The quantitative estimate of drug-likeness (QED) is 0.819. The minimum absolute atomic E-state index is 0.0459. The van der Waals surface area contributed by atoms with Crippen molar-refractivity contribution < 1.29 is 14.7 Å². The van der Waals surface area contributed by atoms with Crippen LogP contribution in [0.15, 0.2) is 36.5 Å². The molecule has 1 aliphatic rings. The zero-order valence-corrected chi connectivity index (χ0v) is 14.5. The number of carboxylic acids is 1. The van der Waals surface area contributed by atoms with Crippen molar-refractivity contribution in [1.29, 1.82) is 0 Å². The van der Waals surface area contributed by atoms with Gasteiger partial charge in [0.05, 0.1) is 6.20 Å². The number of carbonyl (C=O) groups excluding carboxylic acids is 1. The molecule has 2 aromatic rings. The summed E-state index contributed by atoms with van der Waals surface area (Å²) in [6.45, 7) is 2.55. The van der Waals surface area contributed by atoms with E-state index in [2.05, 4.69) is 15.6 Å². The molecule has 0 radical (unpaired) electrons. The van der Waals surface area contributed by atoms with Crippen molar-refractivity contribution in [3.8, 4) is 0 Å². The summed E-state index contributed by atoms with van der Waals surface area (Å²) in [5, 5.41) is 19.4. The molecule has 0 aliphatic carbocycles. The zero-order chi connectivity index (χ0) is 18.4. The Kier molecular flexibility index (Phi) is 5.83. The van der Waals surface area contributed by atoms with Crippen molar-refractivity contribution in [3.05, 3.63) is 47.8 Å². The van der Waals surface area contributed by atoms with Crippen molar-refractivity contribution in [2.75, 3.05) is 19.6 Å². The predicted octanol–water partition coefficient (Wildman–Crippen LogP) is 1.64. The Hall–Kier alpha value is -2.90. The lowest BCUT2D eigenvalue weighted by Gasteiger charge is -2.32. The molecule has 0 bridgehead atoms. The van der Waals surface area contributed by atoms with Gasteiger partial charge >= 0.3 is 12.0 Å². The fraction of sp³-hybridized carbons (Fsp3) is 0.444. The average Bonchev–Trinajstić information content (AvgIpc) is 3.11. The van der Waals surface area contributed by atoms with Crippen LogP contribution >= 0.6 is 0 Å². The van der Waals surface area contributed by atoms with E-state index in [1.54, 1.807) is 4.68 Å². The minimum Gasteiger partial charge on any atom is -0.476 e. The SMILES string of the molecule is O=C(O)c1cn(C[C@H]2CCCN(C(=O)NCCc3ccccc3)C2)nn1. The van der Waals surface area contributed by atoms with Crippen LogP contribution in [-0.4, -0.2) is 56.6 Å². The van der Waals surface area contributed by atoms with E-state index in [1.807, 2.05) is 35.2 Å². The number of likely N-dealkylation sites (tertiary alicyclic amines) is 1. The van der Waals surface area contributed by atoms with Crippen molar-refractivity contribution in [2.24, 2.45) is 5.92 Å². The molecule has 3 rings (SSSR count). The Morgan fingerprint density at radius 2 is 2.08 bits per heavy atom. The molecular formula is C18H23N5O3. The van der Waals surface area contributed by atoms with Crippen LogP contribution < -0.4 is 5.32 Å². The van der Waals surface area contributed by atoms with Gasteiger partial charge in [-0.3, -0.25) is 4.68 Å². The lowest BCUT2D eigenvalue weighted by atomic mass is 9.98. The van der Waals surface area contributed by atoms with Crippen molar-refractivity contribution in [1.82, 2.24) is 25.2 Å². The molecule has 2 N–H and O–H groups in total. The lowest BCUT2D eigenvalue weighted by Crippen LogP contribution is -2.46. The summed E-state index contributed by atoms with van der Waals surface area (Å²) in [6, 6.07) is 10.0. The first-order valence-corrected chi connectivity index (χ1v) is 8.82. The molecule has 138 valence electrons. The van der Waals surface area contributed by atoms with Crippen LogP contribution in [0.4, 0.5) is 4.79 Å². The van der Waals surface area contributed by atoms with Gasteiger partial charge in [-0.05, 0) is 30.7 Å². The zero-order valence-electron chi connectivity index (χ0n) is 14.5. The fourth-order valence-electron chi connectivity index (χ4n) is 3.22. The molecule has 1 fully saturated rings. The Morgan fingerprint density at radius 3 is 2.81 bits per heavy atom. The monoisotopic (exact) mass is 357 g/mol. The summed E-state index contributed by atoms with van der Waals surface area (Å²) in [5.74, 6) is -0.841. The van der Waals surface area contributed by atoms with Gasteiger partial charge in [0.1, 0.15) is 0 Å². The number of aromatic carboxylic acids is 1. The topological polar surface area (TPSA) is 100 Å². The number of aromatic nitrogens is 3. The molecule has 1 atom stereocenters. The first-order valence-electron chi connectivity index (χ1n) is 8.82. The summed E-state index contributed by atoms with van der Waals surface area (Å²) in [6.07, 6.45) is 4.15. The fourth-order valence-corrected chi connectivity index (χ4v) is 3.22. The third-order valence-electron chi connectivity index (χ3n) is 4.54. The molecule has 0 unspecified atom stereocenters. The molecule has 8 nitrogen and oxygen atoms in total. The standard InChI is InChI=1S/C18H23N5O3/c24-17(25)16-13-23(21-20-16)12-15-7-4-10-22(11-15)18(26)19-9-8-14-5-2-1-3-6-14/h1-3,5-6,13,15H,4,7-12H2,(H,19,26)(H,24,25)/t15-/m0/s1. The van der Waals surface area contributed by atoms with Gasteiger partial charge in [0.15, 0.2) is 5.69 Å². The number of carbonyl (C=O) groups is 2. The van der Waals surface area contributed by atoms with E-state index in [0.717, 1.165) is 25.8 Å². The van der Waals surface area contributed by atoms with Crippen LogP contribution in [0.1, 0.15) is 28.9 Å². The Morgan fingerprint density at radius 1 is 1.27 bits per heavy atom. The number of hydrogen-bond donors (Lipinski definition) is 2. The average molecular weight is 357 g/mol. The van der Waals surface area contributed by atoms with Gasteiger partial charge in [-0.25, -0.2) is 9.59 Å². The predicted molar refractivity (Wildman–Crippen MR) is 94.8 cm³/mol. The van der Waals surface area contributed by atoms with Gasteiger partial charge < -0.3 is 15.3 Å². The molecule has 0 spiro atoms. The summed E-state index contributed by atoms with van der Waals surface area (Å²) in [5.41, 5.74) is 1.14. The van der Waals surface area contributed by atoms with Crippen molar-refractivity contribution >= 4 is 12.0 Å². The second-order valence-corrected chi connectivity index (χ2v) is 6.55. The van der Waals surface area contributed by atoms with Gasteiger partial charge in [-0.15, -0.1) is 5.10 Å². The molecule has 0 saturated carbocycles. The van der Waals surface area contributed by atoms with E-state index in [-0.39, 0.29) is 17.6 Å². The number of rotatable bonds is 6. The van der Waals surface area contributed by atoms with Gasteiger partial charge in [-0.1, -0.05) is 35.5 Å². The number of piperidine rings is 1. The maximum Gasteiger partial charge on any atom is 0.358 e. The number of hydrogen-bond acceptors (Lipinski definition) is 4. The molecule has 1 aliphatic heterocycles. The molecule has 1 saturated heterocycles. The van der Waals surface area contributed by atoms with Gasteiger partial charge in [-0.2, -0.15) is 0 Å². The number of nitrogens with zero attached hydrogens (tertiary/aromatic N) is 4. The van der Waals surface area contributed by atoms with E-state index in [1.165, 1.54) is 11.8 Å². The van der Waals surface area contributed by atoms with E-state index in [4.69, 9.17) is 5.11 Å². The molecular weight excluding hydrogens is 334 g/mol. The second-order valence-electron chi connectivity index (χ2n) is 6.55. The number of carboxylic acid groups (broad SMARTS) is 1. The van der Waals surface area contributed by atoms with Gasteiger partial charge in [0.25, 0.3) is 0 Å². The van der Waals surface area contributed by atoms with E-state index in [0.29, 0.717) is 19.6 Å². The van der Waals surface area contributed by atoms with Crippen LogP contribution in [0.5, 0.6) is 0 Å². The highest BCUT2D eigenvalue weighted by Crippen LogP contribution is 2.18. The summed E-state index contributed by atoms with van der Waals surface area (Å²) >= 11 is 0. The minimum atomic E-state index is -1.08. The third kappa shape index (κ3) is 4.81. The molecule has 26 heavy (non-hydrogen) atoms. The second kappa shape index (κ2) is 8.46. The Bertz CT molecular complexity index is 746. The number of benzene rings is 1. The highest BCUT2D eigenvalue weighted by Gasteiger charge is 2.24. The summed E-state index contributed by atoms with van der Waals surface area (Å²) < 4.78 is 1.55. The molecule has 1 aromatic carbocycles. The highest BCUT2D eigenvalue weighted by atomic mass is 16.4. The first-order chi connectivity index (χ1) is 12.6. The third-order valence-corrected chi connectivity index (χ3v) is 4.54. The summed E-state index contributed by atoms with van der Waals surface area (Å²) in [4.78, 5) is 25.1. The normalized spacial score (nSPS) is 17.1. The lowest BCUT2D eigenvalue weighted by molar-refractivity contribution is 0.0690. The maximum absolute atomic E-state index is 12.4. The van der Waals surface area contributed by atoms with Crippen molar-refractivity contribution in [3.63, 3.8) is 0 Å². The van der Waals surface area contributed by atoms with Gasteiger partial charge in [0.2, 0.25) is 0 Å². The van der Waals surface area contributed by atoms with Crippen LogP contribution in [0.25, 0.3) is 0 Å². The largest absolute Gasteiger partial charge is 0.476 e. The van der Waals surface area contributed by atoms with Crippen LogP contribution in [-0.2, 0) is 13.0 Å². The Balaban J connectivity index is 1.46. The van der Waals surface area contributed by atoms with Crippen LogP contribution in [0.2, 0.25) is 0 Å². The first kappa shape index (κ1) is 17.9. The number of nitrogens with one attached hydrogen (secondary N) is 1. The molecule has 2 amide bonds. The van der Waals surface area contributed by atoms with E-state index >= 15 is 0 Å². The molecule has 2 heterocycles. The van der Waals surface area contributed by atoms with Gasteiger partial charge in [0, 0.05) is 26.2 Å². The molecule has 8 heteroatoms. The number of amides is 2.